The highest BCUT2D eigenvalue weighted by Crippen LogP contribution is 2.31. The molecule has 1 aliphatic rings. The van der Waals surface area contributed by atoms with E-state index < -0.39 is 0 Å². The number of halogens is 1. The molecule has 1 atom stereocenters. The van der Waals surface area contributed by atoms with E-state index in [0.29, 0.717) is 6.42 Å². The number of carbonyl (C=O) groups is 1. The minimum Gasteiger partial charge on any atom is -0.347 e. The summed E-state index contributed by atoms with van der Waals surface area (Å²) in [5, 5.41) is 3.71. The van der Waals surface area contributed by atoms with Crippen molar-refractivity contribution in [3.63, 3.8) is 0 Å². The maximum atomic E-state index is 11.2. The van der Waals surface area contributed by atoms with Crippen LogP contribution in [0.5, 0.6) is 0 Å². The Morgan fingerprint density at radius 1 is 1.36 bits per heavy atom. The zero-order chi connectivity index (χ0) is 10.2. The molecule has 0 bridgehead atoms. The van der Waals surface area contributed by atoms with Gasteiger partial charge in [0, 0.05) is 11.4 Å². The summed E-state index contributed by atoms with van der Waals surface area (Å²) in [4.78, 5) is 11.2. The van der Waals surface area contributed by atoms with Gasteiger partial charge in [0.1, 0.15) is 0 Å². The van der Waals surface area contributed by atoms with E-state index in [1.807, 2.05) is 31.2 Å². The molecule has 2 rings (SSSR count). The zero-order valence-electron chi connectivity index (χ0n) is 8.01. The number of amides is 1. The summed E-state index contributed by atoms with van der Waals surface area (Å²) in [6, 6.07) is 7.64. The Labute approximate surface area is 88.3 Å². The minimum absolute atomic E-state index is 0.127. The molecule has 1 aromatic rings. The highest BCUT2D eigenvalue weighted by Gasteiger charge is 2.34. The number of rotatable bonds is 1. The molecule has 1 fully saturated rings. The van der Waals surface area contributed by atoms with Crippen molar-refractivity contribution in [3.05, 3.63) is 34.9 Å². The fraction of sp³-hybridized carbons (Fsp3) is 0.364. The van der Waals surface area contributed by atoms with Crippen molar-refractivity contribution < 1.29 is 4.79 Å². The van der Waals surface area contributed by atoms with Crippen LogP contribution in [0.1, 0.15) is 25.3 Å². The molecule has 3 heteroatoms. The zero-order valence-corrected chi connectivity index (χ0v) is 8.77. The van der Waals surface area contributed by atoms with E-state index in [-0.39, 0.29) is 11.4 Å². The Bertz CT molecular complexity index is 360. The molecule has 1 aliphatic heterocycles. The lowest BCUT2D eigenvalue weighted by atomic mass is 9.91. The van der Waals surface area contributed by atoms with E-state index in [4.69, 9.17) is 11.6 Å². The standard InChI is InChI=1S/C11H12ClNO/c1-11(7-6-10(14)13-11)8-2-4-9(12)5-3-8/h2-5H,6-7H2,1H3,(H,13,14). The van der Waals surface area contributed by atoms with Crippen LogP contribution < -0.4 is 5.32 Å². The van der Waals surface area contributed by atoms with E-state index in [2.05, 4.69) is 5.32 Å². The van der Waals surface area contributed by atoms with Crippen molar-refractivity contribution in [3.8, 4) is 0 Å². The SMILES string of the molecule is CC1(c2ccc(Cl)cc2)CCC(=O)N1. The molecule has 1 heterocycles. The van der Waals surface area contributed by atoms with Crippen molar-refractivity contribution in [1.82, 2.24) is 5.32 Å². The van der Waals surface area contributed by atoms with Gasteiger partial charge in [0.05, 0.1) is 5.54 Å². The summed E-state index contributed by atoms with van der Waals surface area (Å²) in [6.07, 6.45) is 1.46. The van der Waals surface area contributed by atoms with Gasteiger partial charge in [0.15, 0.2) is 0 Å². The number of hydrogen-bond donors (Lipinski definition) is 1. The van der Waals surface area contributed by atoms with Gasteiger partial charge in [-0.15, -0.1) is 0 Å². The fourth-order valence-corrected chi connectivity index (χ4v) is 1.96. The summed E-state index contributed by atoms with van der Waals surface area (Å²) in [5.41, 5.74) is 0.912. The Hall–Kier alpha value is -1.02. The fourth-order valence-electron chi connectivity index (χ4n) is 1.83. The number of nitrogens with one attached hydrogen (secondary N) is 1. The van der Waals surface area contributed by atoms with E-state index in [9.17, 15) is 4.79 Å². The minimum atomic E-state index is -0.207. The molecule has 0 radical (unpaired) electrons. The average molecular weight is 210 g/mol. The molecule has 1 saturated heterocycles. The largest absolute Gasteiger partial charge is 0.347 e. The van der Waals surface area contributed by atoms with E-state index in [0.717, 1.165) is 17.0 Å². The lowest BCUT2D eigenvalue weighted by Gasteiger charge is -2.24. The quantitative estimate of drug-likeness (QED) is 0.757. The molecular weight excluding hydrogens is 198 g/mol. The Kier molecular flexibility index (Phi) is 2.23. The van der Waals surface area contributed by atoms with Crippen molar-refractivity contribution >= 4 is 17.5 Å². The molecular formula is C11H12ClNO. The third-order valence-corrected chi connectivity index (χ3v) is 3.00. The van der Waals surface area contributed by atoms with Crippen molar-refractivity contribution in [2.24, 2.45) is 0 Å². The van der Waals surface area contributed by atoms with Crippen LogP contribution in [0.2, 0.25) is 5.02 Å². The van der Waals surface area contributed by atoms with Crippen LogP contribution in [0, 0.1) is 0 Å². The third-order valence-electron chi connectivity index (χ3n) is 2.75. The van der Waals surface area contributed by atoms with Crippen LogP contribution in [0.15, 0.2) is 24.3 Å². The lowest BCUT2D eigenvalue weighted by Crippen LogP contribution is -2.35. The number of carbonyl (C=O) groups excluding carboxylic acids is 1. The molecule has 74 valence electrons. The molecule has 0 saturated carbocycles. The number of benzene rings is 1. The molecule has 1 N–H and O–H groups in total. The van der Waals surface area contributed by atoms with Crippen LogP contribution in [0.3, 0.4) is 0 Å². The first-order valence-corrected chi connectivity index (χ1v) is 5.05. The number of hydrogen-bond acceptors (Lipinski definition) is 1. The second kappa shape index (κ2) is 3.28. The highest BCUT2D eigenvalue weighted by molar-refractivity contribution is 6.30. The van der Waals surface area contributed by atoms with Gasteiger partial charge in [-0.1, -0.05) is 23.7 Å². The van der Waals surface area contributed by atoms with Gasteiger partial charge in [-0.3, -0.25) is 4.79 Å². The molecule has 0 aliphatic carbocycles. The van der Waals surface area contributed by atoms with Crippen LogP contribution >= 0.6 is 11.6 Å². The Morgan fingerprint density at radius 2 is 2.00 bits per heavy atom. The lowest BCUT2D eigenvalue weighted by molar-refractivity contribution is -0.119. The predicted octanol–water partition coefficient (Wildman–Crippen LogP) is 2.47. The molecule has 1 aromatic carbocycles. The van der Waals surface area contributed by atoms with Gasteiger partial charge in [-0.25, -0.2) is 0 Å². The Balaban J connectivity index is 2.30. The highest BCUT2D eigenvalue weighted by atomic mass is 35.5. The van der Waals surface area contributed by atoms with Gasteiger partial charge in [-0.2, -0.15) is 0 Å². The molecule has 0 spiro atoms. The first-order chi connectivity index (χ1) is 6.60. The molecule has 1 unspecified atom stereocenters. The second-order valence-electron chi connectivity index (χ2n) is 3.89. The van der Waals surface area contributed by atoms with Crippen LogP contribution in [-0.4, -0.2) is 5.91 Å². The topological polar surface area (TPSA) is 29.1 Å². The van der Waals surface area contributed by atoms with Gasteiger partial charge < -0.3 is 5.32 Å². The Morgan fingerprint density at radius 3 is 2.50 bits per heavy atom. The van der Waals surface area contributed by atoms with Crippen LogP contribution in [0.25, 0.3) is 0 Å². The summed E-state index contributed by atoms with van der Waals surface area (Å²) in [5.74, 6) is 0.127. The van der Waals surface area contributed by atoms with Gasteiger partial charge in [-0.05, 0) is 31.0 Å². The maximum absolute atomic E-state index is 11.2. The molecule has 2 nitrogen and oxygen atoms in total. The second-order valence-corrected chi connectivity index (χ2v) is 4.32. The van der Waals surface area contributed by atoms with Gasteiger partial charge in [0.2, 0.25) is 5.91 Å². The first-order valence-electron chi connectivity index (χ1n) is 4.67. The van der Waals surface area contributed by atoms with Gasteiger partial charge >= 0.3 is 0 Å². The molecule has 0 aromatic heterocycles. The van der Waals surface area contributed by atoms with Gasteiger partial charge in [0.25, 0.3) is 0 Å². The van der Waals surface area contributed by atoms with Crippen molar-refractivity contribution in [1.29, 1.82) is 0 Å². The normalized spacial score (nSPS) is 26.3. The predicted molar refractivity (Wildman–Crippen MR) is 56.2 cm³/mol. The van der Waals surface area contributed by atoms with Crippen LogP contribution in [-0.2, 0) is 10.3 Å². The summed E-state index contributed by atoms with van der Waals surface area (Å²) < 4.78 is 0. The third kappa shape index (κ3) is 1.62. The summed E-state index contributed by atoms with van der Waals surface area (Å²) in [6.45, 7) is 2.04. The molecule has 1 amide bonds. The monoisotopic (exact) mass is 209 g/mol. The first kappa shape index (κ1) is 9.53. The van der Waals surface area contributed by atoms with Crippen LogP contribution in [0.4, 0.5) is 0 Å². The smallest absolute Gasteiger partial charge is 0.220 e. The van der Waals surface area contributed by atoms with Crippen molar-refractivity contribution in [2.75, 3.05) is 0 Å². The van der Waals surface area contributed by atoms with E-state index >= 15 is 0 Å². The van der Waals surface area contributed by atoms with Crippen molar-refractivity contribution in [2.45, 2.75) is 25.3 Å². The average Bonchev–Trinajstić information content (AvgIpc) is 2.48. The maximum Gasteiger partial charge on any atom is 0.220 e. The summed E-state index contributed by atoms with van der Waals surface area (Å²) in [7, 11) is 0. The summed E-state index contributed by atoms with van der Waals surface area (Å²) >= 11 is 5.81. The van der Waals surface area contributed by atoms with E-state index in [1.165, 1.54) is 0 Å². The molecule has 14 heavy (non-hydrogen) atoms. The van der Waals surface area contributed by atoms with E-state index in [1.54, 1.807) is 0 Å².